The average molecular weight is 335 g/mol. The van der Waals surface area contributed by atoms with Crippen LogP contribution in [0.25, 0.3) is 0 Å². The number of hydrogen-bond donors (Lipinski definition) is 1. The maximum Gasteiger partial charge on any atom is 0.0812 e. The number of nitrogens with one attached hydrogen (secondary N) is 1. The first-order valence-electron chi connectivity index (χ1n) is 7.54. The summed E-state index contributed by atoms with van der Waals surface area (Å²) in [5.74, 6) is 0.755. The van der Waals surface area contributed by atoms with Crippen LogP contribution < -0.4 is 5.32 Å². The highest BCUT2D eigenvalue weighted by atomic mass is 32.2. The van der Waals surface area contributed by atoms with E-state index in [1.807, 2.05) is 18.2 Å². The van der Waals surface area contributed by atoms with Crippen molar-refractivity contribution in [1.82, 2.24) is 5.32 Å². The van der Waals surface area contributed by atoms with E-state index in [9.17, 15) is 3.89 Å². The summed E-state index contributed by atoms with van der Waals surface area (Å²) in [6, 6.07) is 16.1. The van der Waals surface area contributed by atoms with E-state index in [1.54, 1.807) is 6.07 Å². The molecule has 0 aliphatic carbocycles. The molecule has 0 amide bonds. The minimum atomic E-state index is 0.110. The molecular weight excluding hydrogens is 312 g/mol. The summed E-state index contributed by atoms with van der Waals surface area (Å²) in [6.07, 6.45) is 1.09. The first kappa shape index (κ1) is 17.5. The van der Waals surface area contributed by atoms with Gasteiger partial charge in [-0.2, -0.15) is 3.89 Å². The summed E-state index contributed by atoms with van der Waals surface area (Å²) in [4.78, 5) is 0.645. The predicted molar refractivity (Wildman–Crippen MR) is 97.7 cm³/mol. The molecule has 0 saturated carbocycles. The maximum atomic E-state index is 12.7. The van der Waals surface area contributed by atoms with Gasteiger partial charge < -0.3 is 5.32 Å². The quantitative estimate of drug-likeness (QED) is 0.668. The van der Waals surface area contributed by atoms with E-state index in [0.29, 0.717) is 10.8 Å². The zero-order valence-corrected chi connectivity index (χ0v) is 15.0. The smallest absolute Gasteiger partial charge is 0.0812 e. The minimum Gasteiger partial charge on any atom is -0.303 e. The molecule has 1 nitrogen and oxygen atoms in total. The second-order valence-corrected chi connectivity index (χ2v) is 7.17. The van der Waals surface area contributed by atoms with E-state index >= 15 is 0 Å². The number of halogens is 1. The summed E-state index contributed by atoms with van der Waals surface area (Å²) in [5, 5.41) is 3.51. The third-order valence-corrected chi connectivity index (χ3v) is 4.62. The van der Waals surface area contributed by atoms with Crippen molar-refractivity contribution in [3.05, 3.63) is 65.2 Å². The zero-order valence-electron chi connectivity index (χ0n) is 13.1. The molecule has 0 aliphatic heterocycles. The summed E-state index contributed by atoms with van der Waals surface area (Å²) >= 11 is 0.287. The topological polar surface area (TPSA) is 12.0 Å². The van der Waals surface area contributed by atoms with Crippen LogP contribution in [-0.4, -0.2) is 0 Å². The van der Waals surface area contributed by atoms with E-state index in [2.05, 4.69) is 52.7 Å². The Morgan fingerprint density at radius 1 is 1.09 bits per heavy atom. The Morgan fingerprint density at radius 3 is 2.50 bits per heavy atom. The number of hydrogen-bond acceptors (Lipinski definition) is 2. The number of benzene rings is 2. The lowest BCUT2D eigenvalue weighted by Gasteiger charge is -2.17. The largest absolute Gasteiger partial charge is 0.303 e. The van der Waals surface area contributed by atoms with Crippen molar-refractivity contribution >= 4 is 21.4 Å². The van der Waals surface area contributed by atoms with Gasteiger partial charge in [0, 0.05) is 17.2 Å². The van der Waals surface area contributed by atoms with Crippen molar-refractivity contribution in [3.8, 4) is 0 Å². The predicted octanol–water partition coefficient (Wildman–Crippen LogP) is 5.53. The Kier molecular flexibility index (Phi) is 6.88. The van der Waals surface area contributed by atoms with Gasteiger partial charge in [0.15, 0.2) is 0 Å². The molecule has 0 saturated heterocycles. The van der Waals surface area contributed by atoms with Gasteiger partial charge in [-0.05, 0) is 41.2 Å². The molecule has 0 heterocycles. The molecule has 0 spiro atoms. The third-order valence-electron chi connectivity index (χ3n) is 3.57. The SMILES string of the molecule is CC(C)Cc1ccccc1CNC(P)c1cccc(SF)c1. The summed E-state index contributed by atoms with van der Waals surface area (Å²) in [5.41, 5.74) is 3.81. The molecular formula is C18H23FNPS. The molecule has 2 aromatic carbocycles. The molecule has 2 rings (SSSR count). The van der Waals surface area contributed by atoms with Crippen molar-refractivity contribution in [2.75, 3.05) is 0 Å². The second-order valence-electron chi connectivity index (χ2n) is 5.87. The zero-order chi connectivity index (χ0) is 15.9. The van der Waals surface area contributed by atoms with Crippen LogP contribution in [0.1, 0.15) is 36.3 Å². The fourth-order valence-electron chi connectivity index (χ4n) is 2.46. The molecule has 0 radical (unpaired) electrons. The van der Waals surface area contributed by atoms with Crippen LogP contribution in [0.2, 0.25) is 0 Å². The van der Waals surface area contributed by atoms with Gasteiger partial charge in [0.05, 0.1) is 12.1 Å². The van der Waals surface area contributed by atoms with E-state index in [0.717, 1.165) is 18.5 Å². The maximum absolute atomic E-state index is 12.7. The van der Waals surface area contributed by atoms with Gasteiger partial charge in [-0.3, -0.25) is 0 Å². The lowest BCUT2D eigenvalue weighted by atomic mass is 9.98. The standard InChI is InChI=1S/C18H23FNPS/c1-13(2)10-14-6-3-4-7-16(14)12-20-18(21)15-8-5-9-17(11-15)22-19/h3-9,11,13,18,20H,10,12,21H2,1-2H3. The molecule has 22 heavy (non-hydrogen) atoms. The van der Waals surface area contributed by atoms with Gasteiger partial charge in [0.2, 0.25) is 0 Å². The molecule has 0 aliphatic rings. The van der Waals surface area contributed by atoms with Crippen LogP contribution in [-0.2, 0) is 13.0 Å². The van der Waals surface area contributed by atoms with Gasteiger partial charge in [-0.25, -0.2) is 0 Å². The average Bonchev–Trinajstić information content (AvgIpc) is 2.53. The fraction of sp³-hybridized carbons (Fsp3) is 0.333. The third kappa shape index (κ3) is 5.08. The Morgan fingerprint density at radius 2 is 1.82 bits per heavy atom. The van der Waals surface area contributed by atoms with E-state index in [-0.39, 0.29) is 17.9 Å². The Bertz CT molecular complexity index is 603. The molecule has 0 fully saturated rings. The molecule has 4 heteroatoms. The van der Waals surface area contributed by atoms with Crippen LogP contribution in [0.5, 0.6) is 0 Å². The Hall–Kier alpha value is -0.890. The molecule has 118 valence electrons. The van der Waals surface area contributed by atoms with Crippen molar-refractivity contribution in [2.45, 2.75) is 37.5 Å². The van der Waals surface area contributed by atoms with E-state index < -0.39 is 0 Å². The van der Waals surface area contributed by atoms with Crippen LogP contribution in [0.4, 0.5) is 3.89 Å². The fourth-order valence-corrected chi connectivity index (χ4v) is 3.10. The van der Waals surface area contributed by atoms with Crippen molar-refractivity contribution in [1.29, 1.82) is 0 Å². The highest BCUT2D eigenvalue weighted by Crippen LogP contribution is 2.26. The first-order chi connectivity index (χ1) is 10.6. The van der Waals surface area contributed by atoms with Crippen LogP contribution in [0.3, 0.4) is 0 Å². The van der Waals surface area contributed by atoms with Gasteiger partial charge in [0.1, 0.15) is 0 Å². The van der Waals surface area contributed by atoms with Crippen LogP contribution >= 0.6 is 21.4 Å². The molecule has 2 unspecified atom stereocenters. The monoisotopic (exact) mass is 335 g/mol. The molecule has 2 aromatic rings. The van der Waals surface area contributed by atoms with Crippen molar-refractivity contribution in [3.63, 3.8) is 0 Å². The van der Waals surface area contributed by atoms with Gasteiger partial charge >= 0.3 is 0 Å². The second kappa shape index (κ2) is 8.67. The van der Waals surface area contributed by atoms with E-state index in [1.165, 1.54) is 11.1 Å². The highest BCUT2D eigenvalue weighted by molar-refractivity contribution is 7.94. The number of rotatable bonds is 7. The van der Waals surface area contributed by atoms with Gasteiger partial charge in [-0.1, -0.05) is 50.2 Å². The van der Waals surface area contributed by atoms with Gasteiger partial charge in [0.25, 0.3) is 0 Å². The normalized spacial score (nSPS) is 12.6. The van der Waals surface area contributed by atoms with E-state index in [4.69, 9.17) is 0 Å². The molecule has 1 N–H and O–H groups in total. The highest BCUT2D eigenvalue weighted by Gasteiger charge is 2.09. The summed E-state index contributed by atoms with van der Waals surface area (Å²) < 4.78 is 12.7. The molecule has 0 bridgehead atoms. The Balaban J connectivity index is 2.03. The van der Waals surface area contributed by atoms with Crippen LogP contribution in [0, 0.1) is 5.92 Å². The lowest BCUT2D eigenvalue weighted by molar-refractivity contribution is 0.627. The summed E-state index contributed by atoms with van der Waals surface area (Å²) in [7, 11) is 2.79. The Labute approximate surface area is 139 Å². The first-order valence-corrected chi connectivity index (χ1v) is 8.92. The molecule has 2 atom stereocenters. The van der Waals surface area contributed by atoms with Crippen molar-refractivity contribution in [2.24, 2.45) is 5.92 Å². The molecule has 0 aromatic heterocycles. The summed E-state index contributed by atoms with van der Waals surface area (Å²) in [6.45, 7) is 5.29. The van der Waals surface area contributed by atoms with Crippen LogP contribution in [0.15, 0.2) is 53.4 Å². The van der Waals surface area contributed by atoms with Gasteiger partial charge in [-0.15, -0.1) is 9.24 Å². The lowest BCUT2D eigenvalue weighted by Crippen LogP contribution is -2.17. The van der Waals surface area contributed by atoms with Crippen molar-refractivity contribution < 1.29 is 3.89 Å². The minimum absolute atomic E-state index is 0.110.